The van der Waals surface area contributed by atoms with Crippen molar-refractivity contribution in [3.8, 4) is 11.5 Å². The number of nitrogens with zero attached hydrogens (tertiary/aromatic N) is 1. The number of aromatic hydroxyl groups is 1. The largest absolute Gasteiger partial charge is 0.508 e. The zero-order valence-corrected chi connectivity index (χ0v) is 18.2. The van der Waals surface area contributed by atoms with E-state index in [9.17, 15) is 19.5 Å². The second-order valence-electron chi connectivity index (χ2n) is 6.92. The molecule has 2 N–H and O–H groups in total. The van der Waals surface area contributed by atoms with Gasteiger partial charge in [-0.2, -0.15) is 0 Å². The van der Waals surface area contributed by atoms with E-state index in [1.807, 2.05) is 24.3 Å². The van der Waals surface area contributed by atoms with Gasteiger partial charge in [-0.15, -0.1) is 0 Å². The summed E-state index contributed by atoms with van der Waals surface area (Å²) in [5.74, 6) is -0.904. The molecule has 0 radical (unpaired) electrons. The molecular weight excluding hydrogens is 476 g/mol. The van der Waals surface area contributed by atoms with E-state index < -0.39 is 17.8 Å². The lowest BCUT2D eigenvalue weighted by Crippen LogP contribution is -2.54. The number of imide groups is 2. The molecule has 32 heavy (non-hydrogen) atoms. The highest BCUT2D eigenvalue weighted by atomic mass is 79.9. The quantitative estimate of drug-likeness (QED) is 0.406. The lowest BCUT2D eigenvalue weighted by atomic mass is 10.1. The van der Waals surface area contributed by atoms with E-state index >= 15 is 0 Å². The highest BCUT2D eigenvalue weighted by Gasteiger charge is 2.36. The first-order valence-electron chi connectivity index (χ1n) is 9.59. The molecule has 4 rings (SSSR count). The Balaban J connectivity index is 1.52. The standard InChI is InChI=1S/C24H17BrN2O5/c25-21-4-2-1-3-16(21)14-32-19-11-5-15(6-12-19)13-20-22(29)26-24(31)27(23(20)30)17-7-9-18(28)10-8-17/h1-13,28H,14H2,(H,26,29,31)/b20-13+. The highest BCUT2D eigenvalue weighted by Crippen LogP contribution is 2.25. The molecular formula is C24H17BrN2O5. The van der Waals surface area contributed by atoms with Gasteiger partial charge in [-0.3, -0.25) is 14.9 Å². The van der Waals surface area contributed by atoms with Crippen molar-refractivity contribution < 1.29 is 24.2 Å². The summed E-state index contributed by atoms with van der Waals surface area (Å²) in [6.07, 6.45) is 1.41. The molecule has 7 nitrogen and oxygen atoms in total. The minimum Gasteiger partial charge on any atom is -0.508 e. The molecule has 1 saturated heterocycles. The number of hydrogen-bond acceptors (Lipinski definition) is 5. The summed E-state index contributed by atoms with van der Waals surface area (Å²) in [6, 6.07) is 19.3. The number of rotatable bonds is 5. The summed E-state index contributed by atoms with van der Waals surface area (Å²) in [5.41, 5.74) is 1.65. The number of carbonyl (C=O) groups excluding carboxylic acids is 3. The van der Waals surface area contributed by atoms with Crippen molar-refractivity contribution in [2.45, 2.75) is 6.61 Å². The van der Waals surface area contributed by atoms with Gasteiger partial charge in [-0.1, -0.05) is 46.3 Å². The summed E-state index contributed by atoms with van der Waals surface area (Å²) < 4.78 is 6.74. The van der Waals surface area contributed by atoms with Gasteiger partial charge in [0.15, 0.2) is 0 Å². The molecule has 8 heteroatoms. The highest BCUT2D eigenvalue weighted by molar-refractivity contribution is 9.10. The number of urea groups is 1. The maximum atomic E-state index is 12.9. The number of phenolic OH excluding ortho intramolecular Hbond substituents is 1. The van der Waals surface area contributed by atoms with Gasteiger partial charge < -0.3 is 9.84 Å². The predicted molar refractivity (Wildman–Crippen MR) is 122 cm³/mol. The van der Waals surface area contributed by atoms with Gasteiger partial charge in [-0.25, -0.2) is 9.69 Å². The van der Waals surface area contributed by atoms with E-state index in [1.54, 1.807) is 24.3 Å². The molecule has 0 atom stereocenters. The third kappa shape index (κ3) is 4.55. The minimum absolute atomic E-state index is 0.00705. The zero-order valence-electron chi connectivity index (χ0n) is 16.6. The first-order chi connectivity index (χ1) is 15.4. The van der Waals surface area contributed by atoms with Crippen LogP contribution in [0.5, 0.6) is 11.5 Å². The Morgan fingerprint density at radius 2 is 1.62 bits per heavy atom. The van der Waals surface area contributed by atoms with Gasteiger partial charge in [0.1, 0.15) is 23.7 Å². The average Bonchev–Trinajstić information content (AvgIpc) is 2.78. The third-order valence-corrected chi connectivity index (χ3v) is 5.53. The number of benzene rings is 3. The first kappa shape index (κ1) is 21.3. The molecule has 0 aromatic heterocycles. The topological polar surface area (TPSA) is 95.9 Å². The Kier molecular flexibility index (Phi) is 6.04. The summed E-state index contributed by atoms with van der Waals surface area (Å²) >= 11 is 3.48. The fraction of sp³-hybridized carbons (Fsp3) is 0.0417. The smallest absolute Gasteiger partial charge is 0.335 e. The molecule has 1 fully saturated rings. The number of amides is 4. The Labute approximate surface area is 192 Å². The average molecular weight is 493 g/mol. The van der Waals surface area contributed by atoms with Crippen LogP contribution in [0.25, 0.3) is 6.08 Å². The summed E-state index contributed by atoms with van der Waals surface area (Å²) in [5, 5.41) is 11.6. The zero-order chi connectivity index (χ0) is 22.7. The van der Waals surface area contributed by atoms with E-state index in [1.165, 1.54) is 30.3 Å². The Morgan fingerprint density at radius 3 is 2.31 bits per heavy atom. The molecule has 0 unspecified atom stereocenters. The molecule has 3 aromatic rings. The molecule has 0 spiro atoms. The van der Waals surface area contributed by atoms with Crippen LogP contribution in [0.1, 0.15) is 11.1 Å². The number of ether oxygens (including phenoxy) is 1. The number of hydrogen-bond donors (Lipinski definition) is 2. The molecule has 0 bridgehead atoms. The van der Waals surface area contributed by atoms with Crippen LogP contribution in [0.15, 0.2) is 82.8 Å². The predicted octanol–water partition coefficient (Wildman–Crippen LogP) is 4.40. The Hall–Kier alpha value is -3.91. The number of anilines is 1. The van der Waals surface area contributed by atoms with Gasteiger partial charge in [-0.05, 0) is 54.1 Å². The van der Waals surface area contributed by atoms with Gasteiger partial charge in [0.25, 0.3) is 11.8 Å². The fourth-order valence-corrected chi connectivity index (χ4v) is 3.50. The molecule has 1 aliphatic rings. The van der Waals surface area contributed by atoms with Crippen LogP contribution in [0, 0.1) is 0 Å². The van der Waals surface area contributed by atoms with Gasteiger partial charge in [0, 0.05) is 10.0 Å². The van der Waals surface area contributed by atoms with E-state index in [-0.39, 0.29) is 17.0 Å². The number of barbiturate groups is 1. The van der Waals surface area contributed by atoms with Crippen molar-refractivity contribution in [2.75, 3.05) is 4.90 Å². The Morgan fingerprint density at radius 1 is 0.938 bits per heavy atom. The molecule has 1 aliphatic heterocycles. The van der Waals surface area contributed by atoms with Crippen LogP contribution in [0.3, 0.4) is 0 Å². The summed E-state index contributed by atoms with van der Waals surface area (Å²) in [6.45, 7) is 0.381. The van der Waals surface area contributed by atoms with Crippen LogP contribution in [0.4, 0.5) is 10.5 Å². The molecule has 1 heterocycles. The summed E-state index contributed by atoms with van der Waals surface area (Å²) in [4.78, 5) is 38.2. The fourth-order valence-electron chi connectivity index (χ4n) is 3.10. The van der Waals surface area contributed by atoms with E-state index in [0.717, 1.165) is 14.9 Å². The van der Waals surface area contributed by atoms with E-state index in [2.05, 4.69) is 21.2 Å². The van der Waals surface area contributed by atoms with Crippen molar-refractivity contribution in [3.05, 3.63) is 94.0 Å². The van der Waals surface area contributed by atoms with Crippen molar-refractivity contribution in [1.82, 2.24) is 5.32 Å². The van der Waals surface area contributed by atoms with Crippen molar-refractivity contribution in [1.29, 1.82) is 0 Å². The van der Waals surface area contributed by atoms with Crippen LogP contribution < -0.4 is 15.0 Å². The number of nitrogens with one attached hydrogen (secondary N) is 1. The molecule has 3 aromatic carbocycles. The second kappa shape index (κ2) is 9.07. The lowest BCUT2D eigenvalue weighted by molar-refractivity contribution is -0.122. The molecule has 4 amide bonds. The molecule has 0 saturated carbocycles. The van der Waals surface area contributed by atoms with Crippen molar-refractivity contribution >= 4 is 45.5 Å². The van der Waals surface area contributed by atoms with E-state index in [4.69, 9.17) is 4.74 Å². The monoisotopic (exact) mass is 492 g/mol. The van der Waals surface area contributed by atoms with Gasteiger partial charge in [0.2, 0.25) is 0 Å². The maximum absolute atomic E-state index is 12.9. The normalized spacial score (nSPS) is 15.1. The van der Waals surface area contributed by atoms with Crippen LogP contribution in [-0.4, -0.2) is 23.0 Å². The minimum atomic E-state index is -0.848. The van der Waals surface area contributed by atoms with Crippen molar-refractivity contribution in [3.63, 3.8) is 0 Å². The SMILES string of the molecule is O=C1NC(=O)N(c2ccc(O)cc2)C(=O)/C1=C/c1ccc(OCc2ccccc2Br)cc1. The number of phenols is 1. The van der Waals surface area contributed by atoms with Gasteiger partial charge in [0.05, 0.1) is 5.69 Å². The number of carbonyl (C=O) groups is 3. The van der Waals surface area contributed by atoms with E-state index in [0.29, 0.717) is 17.9 Å². The lowest BCUT2D eigenvalue weighted by Gasteiger charge is -2.26. The second-order valence-corrected chi connectivity index (χ2v) is 7.78. The van der Waals surface area contributed by atoms with Crippen LogP contribution in [0.2, 0.25) is 0 Å². The molecule has 160 valence electrons. The van der Waals surface area contributed by atoms with Crippen LogP contribution in [-0.2, 0) is 16.2 Å². The van der Waals surface area contributed by atoms with Crippen molar-refractivity contribution in [2.24, 2.45) is 0 Å². The first-order valence-corrected chi connectivity index (χ1v) is 10.4. The maximum Gasteiger partial charge on any atom is 0.335 e. The number of halogens is 1. The van der Waals surface area contributed by atoms with Gasteiger partial charge >= 0.3 is 6.03 Å². The molecule has 0 aliphatic carbocycles. The third-order valence-electron chi connectivity index (χ3n) is 4.75. The summed E-state index contributed by atoms with van der Waals surface area (Å²) in [7, 11) is 0. The Bertz CT molecular complexity index is 1220. The van der Waals surface area contributed by atoms with Crippen LogP contribution >= 0.6 is 15.9 Å².